The van der Waals surface area contributed by atoms with E-state index in [2.05, 4.69) is 25.2 Å². The summed E-state index contributed by atoms with van der Waals surface area (Å²) in [4.78, 5) is 3.76. The van der Waals surface area contributed by atoms with E-state index in [1.54, 1.807) is 0 Å². The molecule has 18 heavy (non-hydrogen) atoms. The number of nitrogens with zero attached hydrogens (tertiary/aromatic N) is 3. The Balaban J connectivity index is 1.66. The van der Waals surface area contributed by atoms with E-state index < -0.39 is 10.0 Å². The molecule has 7 nitrogen and oxygen atoms in total. The molecule has 0 saturated heterocycles. The molecule has 0 spiro atoms. The molecule has 0 aliphatic heterocycles. The minimum absolute atomic E-state index is 0.0219. The van der Waals surface area contributed by atoms with Crippen LogP contribution in [0.25, 0.3) is 0 Å². The second kappa shape index (κ2) is 6.05. The Labute approximate surface area is 106 Å². The molecule has 1 aliphatic carbocycles. The Bertz CT molecular complexity index is 460. The maximum atomic E-state index is 11.7. The number of rotatable bonds is 8. The van der Waals surface area contributed by atoms with E-state index in [9.17, 15) is 8.42 Å². The largest absolute Gasteiger partial charge is 0.314 e. The number of aromatic nitrogens is 3. The minimum Gasteiger partial charge on any atom is -0.314 e. The summed E-state index contributed by atoms with van der Waals surface area (Å²) in [7, 11) is -3.36. The van der Waals surface area contributed by atoms with Crippen molar-refractivity contribution in [1.82, 2.24) is 20.5 Å². The van der Waals surface area contributed by atoms with Gasteiger partial charge in [-0.3, -0.25) is 0 Å². The van der Waals surface area contributed by atoms with Crippen molar-refractivity contribution in [3.05, 3.63) is 12.4 Å². The molecule has 100 valence electrons. The van der Waals surface area contributed by atoms with Gasteiger partial charge in [-0.15, -0.1) is 5.10 Å². The fourth-order valence-corrected chi connectivity index (χ4v) is 2.55. The van der Waals surface area contributed by atoms with E-state index >= 15 is 0 Å². The number of hydrogen-bond donors (Lipinski definition) is 2. The van der Waals surface area contributed by atoms with Gasteiger partial charge in [0.15, 0.2) is 0 Å². The smallest absolute Gasteiger partial charge is 0.256 e. The van der Waals surface area contributed by atoms with E-state index in [0.29, 0.717) is 12.5 Å². The van der Waals surface area contributed by atoms with Crippen LogP contribution in [0.4, 0.5) is 5.95 Å². The van der Waals surface area contributed by atoms with Gasteiger partial charge in [0.2, 0.25) is 10.0 Å². The SMILES string of the molecule is O=S(=O)(CCCCNC1CC1)Nc1nccnn1. The van der Waals surface area contributed by atoms with Gasteiger partial charge in [0.05, 0.1) is 18.1 Å². The molecule has 0 aromatic carbocycles. The maximum Gasteiger partial charge on any atom is 0.256 e. The van der Waals surface area contributed by atoms with Gasteiger partial charge in [-0.25, -0.2) is 18.1 Å². The van der Waals surface area contributed by atoms with Gasteiger partial charge in [-0.1, -0.05) is 0 Å². The fourth-order valence-electron chi connectivity index (χ4n) is 1.50. The van der Waals surface area contributed by atoms with Crippen molar-refractivity contribution in [2.75, 3.05) is 17.0 Å². The first-order chi connectivity index (χ1) is 8.66. The van der Waals surface area contributed by atoms with Crippen LogP contribution >= 0.6 is 0 Å². The number of sulfonamides is 1. The Hall–Kier alpha value is -1.28. The highest BCUT2D eigenvalue weighted by atomic mass is 32.2. The number of nitrogens with one attached hydrogen (secondary N) is 2. The first kappa shape index (κ1) is 13.2. The van der Waals surface area contributed by atoms with E-state index in [1.807, 2.05) is 0 Å². The predicted octanol–water partition coefficient (Wildman–Crippen LogP) is 0.145. The van der Waals surface area contributed by atoms with Gasteiger partial charge >= 0.3 is 0 Å². The minimum atomic E-state index is -3.36. The lowest BCUT2D eigenvalue weighted by molar-refractivity contribution is 0.590. The molecule has 0 atom stereocenters. The lowest BCUT2D eigenvalue weighted by Crippen LogP contribution is -2.21. The average Bonchev–Trinajstić information content (AvgIpc) is 3.13. The van der Waals surface area contributed by atoms with Gasteiger partial charge in [0.1, 0.15) is 0 Å². The predicted molar refractivity (Wildman–Crippen MR) is 67.5 cm³/mol. The number of anilines is 1. The Morgan fingerprint density at radius 3 is 2.78 bits per heavy atom. The summed E-state index contributed by atoms with van der Waals surface area (Å²) in [5.41, 5.74) is 0. The fraction of sp³-hybridized carbons (Fsp3) is 0.700. The summed E-state index contributed by atoms with van der Waals surface area (Å²) in [5, 5.41) is 10.5. The third-order valence-corrected chi connectivity index (χ3v) is 3.90. The molecule has 1 fully saturated rings. The van der Waals surface area contributed by atoms with Crippen LogP contribution in [-0.4, -0.2) is 41.9 Å². The van der Waals surface area contributed by atoms with E-state index in [1.165, 1.54) is 25.2 Å². The molecular weight excluding hydrogens is 254 g/mol. The quantitative estimate of drug-likeness (QED) is 0.653. The normalized spacial score (nSPS) is 15.6. The van der Waals surface area contributed by atoms with Crippen LogP contribution in [0.5, 0.6) is 0 Å². The molecule has 0 bridgehead atoms. The van der Waals surface area contributed by atoms with Crippen LogP contribution in [0, 0.1) is 0 Å². The zero-order valence-electron chi connectivity index (χ0n) is 10.0. The van der Waals surface area contributed by atoms with Crippen LogP contribution < -0.4 is 10.0 Å². The zero-order chi connectivity index (χ0) is 12.8. The van der Waals surface area contributed by atoms with Crippen LogP contribution in [-0.2, 0) is 10.0 Å². The summed E-state index contributed by atoms with van der Waals surface area (Å²) in [6.07, 6.45) is 6.75. The third-order valence-electron chi connectivity index (χ3n) is 2.58. The molecule has 1 heterocycles. The highest BCUT2D eigenvalue weighted by Crippen LogP contribution is 2.18. The van der Waals surface area contributed by atoms with Gasteiger partial charge in [-0.05, 0) is 32.2 Å². The van der Waals surface area contributed by atoms with Gasteiger partial charge < -0.3 is 5.32 Å². The van der Waals surface area contributed by atoms with Crippen LogP contribution in [0.3, 0.4) is 0 Å². The second-order valence-electron chi connectivity index (χ2n) is 4.32. The van der Waals surface area contributed by atoms with Crippen molar-refractivity contribution in [1.29, 1.82) is 0 Å². The van der Waals surface area contributed by atoms with Crippen molar-refractivity contribution in [2.24, 2.45) is 0 Å². The van der Waals surface area contributed by atoms with Gasteiger partial charge in [0, 0.05) is 6.04 Å². The molecule has 1 aliphatic rings. The maximum absolute atomic E-state index is 11.7. The second-order valence-corrected chi connectivity index (χ2v) is 6.16. The number of unbranched alkanes of at least 4 members (excludes halogenated alkanes) is 1. The Morgan fingerprint density at radius 1 is 1.28 bits per heavy atom. The highest BCUT2D eigenvalue weighted by molar-refractivity contribution is 7.92. The van der Waals surface area contributed by atoms with Crippen molar-refractivity contribution in [3.8, 4) is 0 Å². The summed E-state index contributed by atoms with van der Waals surface area (Å²) in [5.74, 6) is 0.103. The molecule has 1 aromatic heterocycles. The third kappa shape index (κ3) is 4.92. The Kier molecular flexibility index (Phi) is 4.43. The van der Waals surface area contributed by atoms with E-state index in [4.69, 9.17) is 0 Å². The molecule has 2 N–H and O–H groups in total. The van der Waals surface area contributed by atoms with Crippen LogP contribution in [0.2, 0.25) is 0 Å². The van der Waals surface area contributed by atoms with E-state index in [0.717, 1.165) is 13.0 Å². The van der Waals surface area contributed by atoms with E-state index in [-0.39, 0.29) is 11.7 Å². The lowest BCUT2D eigenvalue weighted by Gasteiger charge is -2.06. The van der Waals surface area contributed by atoms with Crippen molar-refractivity contribution >= 4 is 16.0 Å². The molecule has 8 heteroatoms. The zero-order valence-corrected chi connectivity index (χ0v) is 10.9. The summed E-state index contributed by atoms with van der Waals surface area (Å²) in [6.45, 7) is 0.879. The molecule has 0 radical (unpaired) electrons. The molecule has 1 saturated carbocycles. The van der Waals surface area contributed by atoms with Gasteiger partial charge in [0.25, 0.3) is 5.95 Å². The topological polar surface area (TPSA) is 96.9 Å². The van der Waals surface area contributed by atoms with Crippen molar-refractivity contribution in [3.63, 3.8) is 0 Å². The molecule has 0 amide bonds. The molecule has 1 aromatic rings. The molecule has 0 unspecified atom stereocenters. The van der Waals surface area contributed by atoms with Crippen molar-refractivity contribution in [2.45, 2.75) is 31.7 Å². The lowest BCUT2D eigenvalue weighted by atomic mass is 10.3. The molecule has 2 rings (SSSR count). The summed E-state index contributed by atoms with van der Waals surface area (Å²) < 4.78 is 25.6. The monoisotopic (exact) mass is 271 g/mol. The Morgan fingerprint density at radius 2 is 2.11 bits per heavy atom. The van der Waals surface area contributed by atoms with Crippen LogP contribution in [0.1, 0.15) is 25.7 Å². The molecular formula is C10H17N5O2S. The average molecular weight is 271 g/mol. The standard InChI is InChI=1S/C10H17N5O2S/c16-18(17,15-10-12-6-7-13-14-10)8-2-1-5-11-9-3-4-9/h6-7,9,11H,1-5,8H2,(H,12,14,15). The first-order valence-corrected chi connectivity index (χ1v) is 7.68. The van der Waals surface area contributed by atoms with Gasteiger partial charge in [-0.2, -0.15) is 5.10 Å². The summed E-state index contributed by atoms with van der Waals surface area (Å²) in [6, 6.07) is 0.670. The highest BCUT2D eigenvalue weighted by Gasteiger charge is 2.19. The van der Waals surface area contributed by atoms with Crippen LogP contribution in [0.15, 0.2) is 12.4 Å². The number of hydrogen-bond acceptors (Lipinski definition) is 6. The van der Waals surface area contributed by atoms with Crippen molar-refractivity contribution < 1.29 is 8.42 Å². The summed E-state index contributed by atoms with van der Waals surface area (Å²) >= 11 is 0. The first-order valence-electron chi connectivity index (χ1n) is 6.03.